The van der Waals surface area contributed by atoms with E-state index in [0.29, 0.717) is 18.7 Å². The van der Waals surface area contributed by atoms with E-state index in [2.05, 4.69) is 20.0 Å². The first-order valence-electron chi connectivity index (χ1n) is 8.99. The Kier molecular flexibility index (Phi) is 4.72. The van der Waals surface area contributed by atoms with Crippen LogP contribution in [0.4, 0.5) is 0 Å². The van der Waals surface area contributed by atoms with Gasteiger partial charge >= 0.3 is 0 Å². The molecular formula is C19H22N6O2. The van der Waals surface area contributed by atoms with Crippen LogP contribution >= 0.6 is 0 Å². The van der Waals surface area contributed by atoms with Crippen LogP contribution in [0.5, 0.6) is 0 Å². The van der Waals surface area contributed by atoms with Gasteiger partial charge in [-0.3, -0.25) is 14.3 Å². The topological polar surface area (TPSA) is 80.3 Å². The second-order valence-corrected chi connectivity index (χ2v) is 6.75. The number of imidazole rings is 1. The van der Waals surface area contributed by atoms with E-state index in [4.69, 9.17) is 4.52 Å². The summed E-state index contributed by atoms with van der Waals surface area (Å²) in [6, 6.07) is 3.66. The van der Waals surface area contributed by atoms with Crippen molar-refractivity contribution in [3.05, 3.63) is 59.6 Å². The number of pyridine rings is 1. The first kappa shape index (κ1) is 17.4. The summed E-state index contributed by atoms with van der Waals surface area (Å²) in [6.07, 6.45) is 6.83. The van der Waals surface area contributed by atoms with Crippen molar-refractivity contribution in [2.45, 2.75) is 20.4 Å². The lowest BCUT2D eigenvalue weighted by Crippen LogP contribution is -2.48. The third-order valence-corrected chi connectivity index (χ3v) is 4.99. The molecule has 1 saturated heterocycles. The minimum atomic E-state index is 0.0247. The highest BCUT2D eigenvalue weighted by molar-refractivity contribution is 5.94. The second-order valence-electron chi connectivity index (χ2n) is 6.75. The summed E-state index contributed by atoms with van der Waals surface area (Å²) >= 11 is 0. The lowest BCUT2D eigenvalue weighted by molar-refractivity contribution is 0.0627. The van der Waals surface area contributed by atoms with Crippen molar-refractivity contribution in [3.8, 4) is 5.82 Å². The van der Waals surface area contributed by atoms with Crippen LogP contribution in [0.25, 0.3) is 5.82 Å². The summed E-state index contributed by atoms with van der Waals surface area (Å²) < 4.78 is 7.04. The van der Waals surface area contributed by atoms with E-state index in [1.54, 1.807) is 18.7 Å². The molecule has 0 atom stereocenters. The van der Waals surface area contributed by atoms with Crippen LogP contribution in [0.1, 0.15) is 27.4 Å². The number of amides is 1. The molecule has 3 aromatic heterocycles. The van der Waals surface area contributed by atoms with Gasteiger partial charge in [0, 0.05) is 56.9 Å². The van der Waals surface area contributed by atoms with Crippen molar-refractivity contribution in [2.75, 3.05) is 26.2 Å². The summed E-state index contributed by atoms with van der Waals surface area (Å²) in [5, 5.41) is 4.01. The normalized spacial score (nSPS) is 15.3. The molecule has 3 aromatic rings. The summed E-state index contributed by atoms with van der Waals surface area (Å²) in [7, 11) is 0. The van der Waals surface area contributed by atoms with E-state index in [9.17, 15) is 4.79 Å². The molecule has 140 valence electrons. The number of piperazine rings is 1. The molecule has 0 aliphatic carbocycles. The third-order valence-electron chi connectivity index (χ3n) is 4.99. The van der Waals surface area contributed by atoms with E-state index in [-0.39, 0.29) is 5.91 Å². The quantitative estimate of drug-likeness (QED) is 0.701. The zero-order valence-corrected chi connectivity index (χ0v) is 15.5. The molecular weight excluding hydrogens is 344 g/mol. The van der Waals surface area contributed by atoms with Crippen molar-refractivity contribution in [3.63, 3.8) is 0 Å². The van der Waals surface area contributed by atoms with Crippen LogP contribution in [0, 0.1) is 13.8 Å². The maximum Gasteiger partial charge on any atom is 0.255 e. The molecule has 0 saturated carbocycles. The molecule has 8 heteroatoms. The van der Waals surface area contributed by atoms with Gasteiger partial charge in [-0.2, -0.15) is 0 Å². The Morgan fingerprint density at radius 3 is 2.59 bits per heavy atom. The summed E-state index contributed by atoms with van der Waals surface area (Å²) in [4.78, 5) is 25.3. The van der Waals surface area contributed by atoms with E-state index >= 15 is 0 Å². The predicted molar refractivity (Wildman–Crippen MR) is 98.5 cm³/mol. The van der Waals surface area contributed by atoms with Gasteiger partial charge in [0.2, 0.25) is 0 Å². The number of hydrogen-bond acceptors (Lipinski definition) is 6. The maximum absolute atomic E-state index is 12.8. The van der Waals surface area contributed by atoms with Crippen molar-refractivity contribution in [1.82, 2.24) is 29.5 Å². The molecule has 0 unspecified atom stereocenters. The fraction of sp³-hybridized carbons (Fsp3) is 0.368. The van der Waals surface area contributed by atoms with E-state index in [1.165, 1.54) is 0 Å². The van der Waals surface area contributed by atoms with Gasteiger partial charge in [-0.25, -0.2) is 9.97 Å². The molecule has 1 aliphatic rings. The molecule has 4 heterocycles. The lowest BCUT2D eigenvalue weighted by atomic mass is 10.1. The molecule has 0 bridgehead atoms. The fourth-order valence-corrected chi connectivity index (χ4v) is 3.30. The number of aryl methyl sites for hydroxylation is 2. The van der Waals surface area contributed by atoms with Gasteiger partial charge in [0.15, 0.2) is 0 Å². The Morgan fingerprint density at radius 1 is 1.19 bits per heavy atom. The first-order chi connectivity index (χ1) is 13.1. The van der Waals surface area contributed by atoms with E-state index in [1.807, 2.05) is 41.6 Å². The average molecular weight is 366 g/mol. The minimum absolute atomic E-state index is 0.0247. The smallest absolute Gasteiger partial charge is 0.255 e. The third kappa shape index (κ3) is 3.61. The Balaban J connectivity index is 1.36. The summed E-state index contributed by atoms with van der Waals surface area (Å²) in [5.41, 5.74) is 2.70. The van der Waals surface area contributed by atoms with Crippen molar-refractivity contribution in [1.29, 1.82) is 0 Å². The number of rotatable bonds is 4. The minimum Gasteiger partial charge on any atom is -0.361 e. The Labute approximate surface area is 157 Å². The Bertz CT molecular complexity index is 889. The monoisotopic (exact) mass is 366 g/mol. The van der Waals surface area contributed by atoms with Crippen LogP contribution < -0.4 is 0 Å². The highest BCUT2D eigenvalue weighted by Gasteiger charge is 2.23. The zero-order chi connectivity index (χ0) is 18.8. The maximum atomic E-state index is 12.8. The molecule has 1 fully saturated rings. The Morgan fingerprint density at radius 2 is 2.00 bits per heavy atom. The summed E-state index contributed by atoms with van der Waals surface area (Å²) in [5.74, 6) is 1.64. The largest absolute Gasteiger partial charge is 0.361 e. The molecule has 1 aliphatic heterocycles. The number of carbonyl (C=O) groups is 1. The lowest BCUT2D eigenvalue weighted by Gasteiger charge is -2.34. The molecule has 0 N–H and O–H groups in total. The van der Waals surface area contributed by atoms with Gasteiger partial charge in [-0.1, -0.05) is 5.16 Å². The molecule has 0 radical (unpaired) electrons. The van der Waals surface area contributed by atoms with E-state index in [0.717, 1.165) is 42.5 Å². The number of hydrogen-bond donors (Lipinski definition) is 0. The van der Waals surface area contributed by atoms with Gasteiger partial charge in [-0.05, 0) is 26.0 Å². The standard InChI is InChI=1S/C19H22N6O2/c1-14-17(15(2)27-22-14)12-23-7-9-24(10-8-23)19(26)16-3-4-18(21-11-16)25-6-5-20-13-25/h3-6,11,13H,7-10,12H2,1-2H3. The highest BCUT2D eigenvalue weighted by Crippen LogP contribution is 2.17. The second kappa shape index (κ2) is 7.32. The number of carbonyl (C=O) groups excluding carboxylic acids is 1. The van der Waals surface area contributed by atoms with Crippen LogP contribution in [0.3, 0.4) is 0 Å². The van der Waals surface area contributed by atoms with Crippen molar-refractivity contribution < 1.29 is 9.32 Å². The van der Waals surface area contributed by atoms with Gasteiger partial charge in [-0.15, -0.1) is 0 Å². The van der Waals surface area contributed by atoms with Crippen molar-refractivity contribution in [2.24, 2.45) is 0 Å². The van der Waals surface area contributed by atoms with Gasteiger partial charge < -0.3 is 9.42 Å². The molecule has 8 nitrogen and oxygen atoms in total. The predicted octanol–water partition coefficient (Wildman–Crippen LogP) is 1.83. The zero-order valence-electron chi connectivity index (χ0n) is 15.5. The van der Waals surface area contributed by atoms with Crippen LogP contribution in [-0.2, 0) is 6.54 Å². The number of aromatic nitrogens is 4. The fourth-order valence-electron chi connectivity index (χ4n) is 3.30. The van der Waals surface area contributed by atoms with Crippen LogP contribution in [-0.4, -0.2) is 61.6 Å². The van der Waals surface area contributed by atoms with Gasteiger partial charge in [0.25, 0.3) is 5.91 Å². The molecule has 0 spiro atoms. The average Bonchev–Trinajstić information content (AvgIpc) is 3.34. The van der Waals surface area contributed by atoms with Gasteiger partial charge in [0.05, 0.1) is 11.3 Å². The summed E-state index contributed by atoms with van der Waals surface area (Å²) in [6.45, 7) is 7.77. The molecule has 1 amide bonds. The van der Waals surface area contributed by atoms with Crippen LogP contribution in [0.2, 0.25) is 0 Å². The number of nitrogens with zero attached hydrogens (tertiary/aromatic N) is 6. The van der Waals surface area contributed by atoms with Crippen LogP contribution in [0.15, 0.2) is 41.6 Å². The first-order valence-corrected chi connectivity index (χ1v) is 8.99. The molecule has 27 heavy (non-hydrogen) atoms. The molecule has 4 rings (SSSR count). The van der Waals surface area contributed by atoms with Gasteiger partial charge in [0.1, 0.15) is 17.9 Å². The SMILES string of the molecule is Cc1noc(C)c1CN1CCN(C(=O)c2ccc(-n3ccnc3)nc2)CC1. The van der Waals surface area contributed by atoms with Crippen molar-refractivity contribution >= 4 is 5.91 Å². The van der Waals surface area contributed by atoms with E-state index < -0.39 is 0 Å². The Hall–Kier alpha value is -3.00. The highest BCUT2D eigenvalue weighted by atomic mass is 16.5. The molecule has 0 aromatic carbocycles.